The molecule has 0 spiro atoms. The van der Waals surface area contributed by atoms with Crippen LogP contribution in [0.4, 0.5) is 0 Å². The summed E-state index contributed by atoms with van der Waals surface area (Å²) in [6, 6.07) is 0. The van der Waals surface area contributed by atoms with Crippen LogP contribution in [0.5, 0.6) is 0 Å². The Kier molecular flexibility index (Phi) is 4.34. The maximum Gasteiger partial charge on any atom is 0.0885 e. The molecule has 0 saturated carbocycles. The van der Waals surface area contributed by atoms with E-state index in [0.717, 1.165) is 12.3 Å². The maximum absolute atomic E-state index is 9.45. The molecule has 1 aliphatic carbocycles. The van der Waals surface area contributed by atoms with Gasteiger partial charge in [0.05, 0.1) is 5.76 Å². The van der Waals surface area contributed by atoms with Crippen molar-refractivity contribution in [3.05, 3.63) is 11.8 Å². The molecule has 0 aromatic carbocycles. The second-order valence-electron chi connectivity index (χ2n) is 4.20. The van der Waals surface area contributed by atoms with Crippen LogP contribution in [0.2, 0.25) is 0 Å². The van der Waals surface area contributed by atoms with Gasteiger partial charge in [-0.25, -0.2) is 0 Å². The van der Waals surface area contributed by atoms with Crippen LogP contribution in [-0.2, 0) is 0 Å². The van der Waals surface area contributed by atoms with E-state index >= 15 is 0 Å². The third-order valence-corrected chi connectivity index (χ3v) is 3.06. The fourth-order valence-corrected chi connectivity index (χ4v) is 2.40. The average molecular weight is 182 g/mol. The van der Waals surface area contributed by atoms with Crippen molar-refractivity contribution in [3.63, 3.8) is 0 Å². The van der Waals surface area contributed by atoms with E-state index < -0.39 is 0 Å². The number of hydrogen-bond acceptors (Lipinski definition) is 1. The topological polar surface area (TPSA) is 20.2 Å². The second-order valence-corrected chi connectivity index (χ2v) is 4.20. The Morgan fingerprint density at radius 3 is 2.62 bits per heavy atom. The summed E-state index contributed by atoms with van der Waals surface area (Å²) in [6.07, 6.45) is 9.29. The summed E-state index contributed by atoms with van der Waals surface area (Å²) in [6.45, 7) is 4.48. The van der Waals surface area contributed by atoms with E-state index in [9.17, 15) is 5.11 Å². The summed E-state index contributed by atoms with van der Waals surface area (Å²) in [5.41, 5.74) is 0. The van der Waals surface area contributed by atoms with E-state index in [1.807, 2.05) is 0 Å². The summed E-state index contributed by atoms with van der Waals surface area (Å²) >= 11 is 0. The molecule has 2 unspecified atom stereocenters. The Bertz CT molecular complexity index is 172. The van der Waals surface area contributed by atoms with Crippen molar-refractivity contribution in [2.75, 3.05) is 0 Å². The summed E-state index contributed by atoms with van der Waals surface area (Å²) in [5, 5.41) is 9.45. The van der Waals surface area contributed by atoms with E-state index in [1.54, 1.807) is 0 Å². The fourth-order valence-electron chi connectivity index (χ4n) is 2.40. The normalized spacial score (nSPS) is 28.6. The first kappa shape index (κ1) is 10.6. The number of aliphatic hydroxyl groups is 1. The van der Waals surface area contributed by atoms with E-state index in [0.29, 0.717) is 11.7 Å². The largest absolute Gasteiger partial charge is 0.513 e. The molecule has 1 N–H and O–H groups in total. The van der Waals surface area contributed by atoms with Crippen molar-refractivity contribution >= 4 is 0 Å². The average Bonchev–Trinajstić information content (AvgIpc) is 2.10. The first-order chi connectivity index (χ1) is 6.27. The van der Waals surface area contributed by atoms with E-state index in [4.69, 9.17) is 0 Å². The molecule has 13 heavy (non-hydrogen) atoms. The third-order valence-electron chi connectivity index (χ3n) is 3.06. The highest BCUT2D eigenvalue weighted by Crippen LogP contribution is 2.33. The smallest absolute Gasteiger partial charge is 0.0885 e. The molecule has 0 heterocycles. The zero-order chi connectivity index (χ0) is 9.68. The molecule has 0 radical (unpaired) electrons. The molecule has 2 atom stereocenters. The van der Waals surface area contributed by atoms with Crippen molar-refractivity contribution in [1.82, 2.24) is 0 Å². The third kappa shape index (κ3) is 3.06. The monoisotopic (exact) mass is 182 g/mol. The lowest BCUT2D eigenvalue weighted by Gasteiger charge is -2.28. The lowest BCUT2D eigenvalue weighted by Crippen LogP contribution is -2.17. The SMILES string of the molecule is CCCC1C=C(O)CCC1CCC. The van der Waals surface area contributed by atoms with Crippen LogP contribution in [0.25, 0.3) is 0 Å². The molecule has 1 heteroatoms. The minimum absolute atomic E-state index is 0.630. The van der Waals surface area contributed by atoms with Gasteiger partial charge in [0.25, 0.3) is 0 Å². The van der Waals surface area contributed by atoms with E-state index in [2.05, 4.69) is 19.9 Å². The highest BCUT2D eigenvalue weighted by molar-refractivity contribution is 5.02. The minimum atomic E-state index is 0.630. The summed E-state index contributed by atoms with van der Waals surface area (Å²) in [4.78, 5) is 0. The molecule has 0 fully saturated rings. The summed E-state index contributed by atoms with van der Waals surface area (Å²) in [5.74, 6) is 2.12. The molecule has 76 valence electrons. The van der Waals surface area contributed by atoms with Crippen molar-refractivity contribution in [2.24, 2.45) is 11.8 Å². The molecule has 0 aromatic heterocycles. The minimum Gasteiger partial charge on any atom is -0.513 e. The van der Waals surface area contributed by atoms with Crippen LogP contribution in [0, 0.1) is 11.8 Å². The van der Waals surface area contributed by atoms with Crippen LogP contribution in [-0.4, -0.2) is 5.11 Å². The summed E-state index contributed by atoms with van der Waals surface area (Å²) in [7, 11) is 0. The first-order valence-electron chi connectivity index (χ1n) is 5.67. The van der Waals surface area contributed by atoms with Crippen LogP contribution < -0.4 is 0 Å². The first-order valence-corrected chi connectivity index (χ1v) is 5.67. The Balaban J connectivity index is 2.53. The quantitative estimate of drug-likeness (QED) is 0.695. The molecule has 0 saturated heterocycles. The van der Waals surface area contributed by atoms with E-state index in [1.165, 1.54) is 32.1 Å². The van der Waals surface area contributed by atoms with Gasteiger partial charge >= 0.3 is 0 Å². The standard InChI is InChI=1S/C12H22O/c1-3-5-10-7-8-12(13)9-11(10)6-4-2/h9-11,13H,3-8H2,1-2H3. The lowest BCUT2D eigenvalue weighted by molar-refractivity contribution is 0.261. The molecule has 1 rings (SSSR count). The number of allylic oxidation sites excluding steroid dienone is 2. The molecule has 0 amide bonds. The Morgan fingerprint density at radius 1 is 1.31 bits per heavy atom. The fraction of sp³-hybridized carbons (Fsp3) is 0.833. The van der Waals surface area contributed by atoms with Crippen LogP contribution in [0.15, 0.2) is 11.8 Å². The van der Waals surface area contributed by atoms with Crippen LogP contribution >= 0.6 is 0 Å². The zero-order valence-electron chi connectivity index (χ0n) is 8.92. The predicted molar refractivity (Wildman–Crippen MR) is 56.7 cm³/mol. The van der Waals surface area contributed by atoms with Gasteiger partial charge in [-0.1, -0.05) is 33.1 Å². The van der Waals surface area contributed by atoms with Gasteiger partial charge in [-0.2, -0.15) is 0 Å². The van der Waals surface area contributed by atoms with Gasteiger partial charge in [0.15, 0.2) is 0 Å². The van der Waals surface area contributed by atoms with Gasteiger partial charge in [-0.05, 0) is 30.8 Å². The Morgan fingerprint density at radius 2 is 2.00 bits per heavy atom. The van der Waals surface area contributed by atoms with Crippen molar-refractivity contribution in [1.29, 1.82) is 0 Å². The second kappa shape index (κ2) is 5.31. The predicted octanol–water partition coefficient (Wildman–Crippen LogP) is 4.05. The van der Waals surface area contributed by atoms with Gasteiger partial charge in [-0.3, -0.25) is 0 Å². The molecule has 0 aromatic rings. The van der Waals surface area contributed by atoms with Crippen molar-refractivity contribution in [2.45, 2.75) is 52.4 Å². The molecule has 0 bridgehead atoms. The van der Waals surface area contributed by atoms with Gasteiger partial charge in [0.2, 0.25) is 0 Å². The van der Waals surface area contributed by atoms with E-state index in [-0.39, 0.29) is 0 Å². The van der Waals surface area contributed by atoms with Crippen molar-refractivity contribution < 1.29 is 5.11 Å². The number of aliphatic hydroxyl groups excluding tert-OH is 1. The molecular formula is C12H22O. The number of rotatable bonds is 4. The highest BCUT2D eigenvalue weighted by atomic mass is 16.3. The maximum atomic E-state index is 9.45. The van der Waals surface area contributed by atoms with Crippen molar-refractivity contribution in [3.8, 4) is 0 Å². The van der Waals surface area contributed by atoms with Crippen LogP contribution in [0.1, 0.15) is 52.4 Å². The zero-order valence-corrected chi connectivity index (χ0v) is 8.92. The molecule has 1 nitrogen and oxygen atoms in total. The summed E-state index contributed by atoms with van der Waals surface area (Å²) < 4.78 is 0. The lowest BCUT2D eigenvalue weighted by atomic mass is 9.78. The Labute approximate surface area is 81.9 Å². The van der Waals surface area contributed by atoms with Crippen LogP contribution in [0.3, 0.4) is 0 Å². The van der Waals surface area contributed by atoms with Gasteiger partial charge in [0, 0.05) is 6.42 Å². The number of hydrogen-bond donors (Lipinski definition) is 1. The molecular weight excluding hydrogens is 160 g/mol. The van der Waals surface area contributed by atoms with Gasteiger partial charge in [-0.15, -0.1) is 0 Å². The molecule has 0 aliphatic heterocycles. The van der Waals surface area contributed by atoms with Gasteiger partial charge < -0.3 is 5.11 Å². The Hall–Kier alpha value is -0.460. The molecule has 1 aliphatic rings. The van der Waals surface area contributed by atoms with Gasteiger partial charge in [0.1, 0.15) is 0 Å². The highest BCUT2D eigenvalue weighted by Gasteiger charge is 2.22.